The number of hydrogen-bond donors (Lipinski definition) is 1. The zero-order valence-electron chi connectivity index (χ0n) is 16.0. The number of carbonyl (C=O) groups excluding carboxylic acids is 2. The Morgan fingerprint density at radius 3 is 2.62 bits per heavy atom. The van der Waals surface area contributed by atoms with Crippen molar-refractivity contribution in [3.8, 4) is 0 Å². The number of ether oxygens (including phenoxy) is 2. The molecule has 4 atom stereocenters. The van der Waals surface area contributed by atoms with Crippen LogP contribution in [0.25, 0.3) is 0 Å². The minimum atomic E-state index is -1.98. The summed E-state index contributed by atoms with van der Waals surface area (Å²) in [6.45, 7) is 0.435. The van der Waals surface area contributed by atoms with Crippen molar-refractivity contribution < 1.29 is 24.2 Å². The van der Waals surface area contributed by atoms with Gasteiger partial charge in [-0.05, 0) is 31.2 Å². The van der Waals surface area contributed by atoms with Crippen molar-refractivity contribution in [2.45, 2.75) is 23.9 Å². The number of likely N-dealkylation sites (N-methyl/N-ethyl adjacent to an activating group) is 1. The summed E-state index contributed by atoms with van der Waals surface area (Å²) in [5.74, 6) is -2.87. The van der Waals surface area contributed by atoms with Gasteiger partial charge in [0.05, 0.1) is 7.11 Å². The Labute approximate surface area is 173 Å². The number of rotatable bonds is 2. The maximum Gasteiger partial charge on any atom is 0.317 e. The Morgan fingerprint density at radius 1 is 1.24 bits per heavy atom. The average molecular weight is 414 g/mol. The first kappa shape index (κ1) is 18.8. The first-order valence-corrected chi connectivity index (χ1v) is 9.82. The first-order chi connectivity index (χ1) is 13.8. The molecule has 2 aromatic carbocycles. The number of esters is 1. The predicted molar refractivity (Wildman–Crippen MR) is 104 cm³/mol. The van der Waals surface area contributed by atoms with E-state index in [2.05, 4.69) is 0 Å². The largest absolute Gasteiger partial charge is 0.468 e. The molecule has 1 spiro atoms. The maximum atomic E-state index is 13.8. The molecule has 5 rings (SSSR count). The second-order valence-electron chi connectivity index (χ2n) is 7.91. The van der Waals surface area contributed by atoms with Crippen molar-refractivity contribution in [2.75, 3.05) is 20.7 Å². The molecular formula is C22H20ClNO5. The van der Waals surface area contributed by atoms with Crippen LogP contribution in [0, 0.1) is 5.41 Å². The number of methoxy groups -OCH3 is 1. The number of aliphatic hydroxyl groups is 1. The van der Waals surface area contributed by atoms with E-state index in [-0.39, 0.29) is 5.78 Å². The predicted octanol–water partition coefficient (Wildman–Crippen LogP) is 2.69. The maximum absolute atomic E-state index is 13.8. The number of benzene rings is 2. The van der Waals surface area contributed by atoms with Gasteiger partial charge in [-0.3, -0.25) is 14.5 Å². The molecule has 2 saturated heterocycles. The van der Waals surface area contributed by atoms with E-state index in [1.807, 2.05) is 0 Å². The summed E-state index contributed by atoms with van der Waals surface area (Å²) in [6.07, 6.45) is -0.564. The van der Waals surface area contributed by atoms with E-state index in [4.69, 9.17) is 21.1 Å². The van der Waals surface area contributed by atoms with Gasteiger partial charge < -0.3 is 14.6 Å². The van der Waals surface area contributed by atoms with E-state index < -0.39 is 28.8 Å². The summed E-state index contributed by atoms with van der Waals surface area (Å²) in [7, 11) is 3.04. The van der Waals surface area contributed by atoms with Gasteiger partial charge >= 0.3 is 5.97 Å². The van der Waals surface area contributed by atoms with E-state index in [9.17, 15) is 14.7 Å². The van der Waals surface area contributed by atoms with Crippen LogP contribution in [-0.2, 0) is 20.1 Å². The number of ketones is 1. The normalized spacial score (nSPS) is 35.3. The molecule has 2 aliphatic heterocycles. The SMILES string of the molecule is COC(=O)[C@]12CCN(C)[C@]13C(=O)c1ccccc1[C@]3(O)O[C@H]2c1ccc(Cl)cc1. The van der Waals surface area contributed by atoms with E-state index in [0.29, 0.717) is 34.7 Å². The van der Waals surface area contributed by atoms with Crippen molar-refractivity contribution in [1.82, 2.24) is 4.90 Å². The van der Waals surface area contributed by atoms with E-state index in [0.717, 1.165) is 0 Å². The molecule has 0 saturated carbocycles. The van der Waals surface area contributed by atoms with Gasteiger partial charge in [-0.1, -0.05) is 48.0 Å². The average Bonchev–Trinajstić information content (AvgIpc) is 3.25. The van der Waals surface area contributed by atoms with E-state index in [1.54, 1.807) is 60.5 Å². The topological polar surface area (TPSA) is 76.1 Å². The van der Waals surface area contributed by atoms with Crippen LogP contribution in [0.3, 0.4) is 0 Å². The smallest absolute Gasteiger partial charge is 0.317 e. The van der Waals surface area contributed by atoms with Crippen LogP contribution < -0.4 is 0 Å². The summed E-state index contributed by atoms with van der Waals surface area (Å²) < 4.78 is 11.5. The Hall–Kier alpha value is -2.25. The van der Waals surface area contributed by atoms with E-state index in [1.165, 1.54) is 7.11 Å². The van der Waals surface area contributed by atoms with Crippen LogP contribution in [-0.4, -0.2) is 48.0 Å². The van der Waals surface area contributed by atoms with Gasteiger partial charge in [0, 0.05) is 22.7 Å². The lowest BCUT2D eigenvalue weighted by atomic mass is 9.63. The molecule has 2 heterocycles. The number of halogens is 1. The second-order valence-corrected chi connectivity index (χ2v) is 8.35. The van der Waals surface area contributed by atoms with Gasteiger partial charge in [-0.15, -0.1) is 0 Å². The van der Waals surface area contributed by atoms with Crippen LogP contribution in [0.4, 0.5) is 0 Å². The van der Waals surface area contributed by atoms with Crippen LogP contribution >= 0.6 is 11.6 Å². The number of likely N-dealkylation sites (tertiary alicyclic amines) is 1. The molecule has 0 aromatic heterocycles. The molecule has 0 unspecified atom stereocenters. The number of Topliss-reactive ketones (excluding diaryl/α,β-unsaturated/α-hetero) is 1. The zero-order valence-corrected chi connectivity index (χ0v) is 16.8. The van der Waals surface area contributed by atoms with Gasteiger partial charge in [0.15, 0.2) is 11.3 Å². The highest BCUT2D eigenvalue weighted by Crippen LogP contribution is 2.71. The standard InChI is InChI=1S/C22H20ClNO5/c1-24-12-11-20(19(26)28-2)18(13-7-9-14(23)10-8-13)29-22(27)16-6-4-3-5-15(16)17(25)21(20,22)24/h3-10,18,27H,11-12H2,1-2H3/t18-,20+,21+,22-/m0/s1. The van der Waals surface area contributed by atoms with Crippen molar-refractivity contribution >= 4 is 23.4 Å². The quantitative estimate of drug-likeness (QED) is 0.763. The molecule has 0 radical (unpaired) electrons. The zero-order chi connectivity index (χ0) is 20.6. The number of hydrogen-bond acceptors (Lipinski definition) is 6. The molecule has 3 aliphatic rings. The van der Waals surface area contributed by atoms with Crippen LogP contribution in [0.15, 0.2) is 48.5 Å². The van der Waals surface area contributed by atoms with Crippen molar-refractivity contribution in [2.24, 2.45) is 5.41 Å². The third-order valence-corrected chi connectivity index (χ3v) is 7.13. The van der Waals surface area contributed by atoms with Crippen molar-refractivity contribution in [3.63, 3.8) is 0 Å². The highest BCUT2D eigenvalue weighted by atomic mass is 35.5. The van der Waals surface area contributed by atoms with Gasteiger partial charge in [0.2, 0.25) is 5.79 Å². The third-order valence-electron chi connectivity index (χ3n) is 6.87. The highest BCUT2D eigenvalue weighted by molar-refractivity contribution is 6.30. The van der Waals surface area contributed by atoms with Gasteiger partial charge in [-0.2, -0.15) is 0 Å². The molecule has 29 heavy (non-hydrogen) atoms. The summed E-state index contributed by atoms with van der Waals surface area (Å²) >= 11 is 6.05. The monoisotopic (exact) mass is 413 g/mol. The minimum Gasteiger partial charge on any atom is -0.468 e. The fraction of sp³-hybridized carbons (Fsp3) is 0.364. The molecule has 1 N–H and O–H groups in total. The van der Waals surface area contributed by atoms with E-state index >= 15 is 0 Å². The fourth-order valence-corrected chi connectivity index (χ4v) is 5.89. The molecule has 2 fully saturated rings. The van der Waals surface area contributed by atoms with Crippen LogP contribution in [0.1, 0.15) is 34.0 Å². The molecule has 6 nitrogen and oxygen atoms in total. The number of nitrogens with zero attached hydrogens (tertiary/aromatic N) is 1. The molecule has 150 valence electrons. The molecule has 0 amide bonds. The molecule has 2 aromatic rings. The molecular weight excluding hydrogens is 394 g/mol. The summed E-state index contributed by atoms with van der Waals surface area (Å²) in [4.78, 5) is 29.0. The Morgan fingerprint density at radius 2 is 1.93 bits per heavy atom. The van der Waals surface area contributed by atoms with Crippen LogP contribution in [0.2, 0.25) is 5.02 Å². The summed E-state index contributed by atoms with van der Waals surface area (Å²) in [5, 5.41) is 12.5. The third kappa shape index (κ3) is 1.89. The highest BCUT2D eigenvalue weighted by Gasteiger charge is 2.86. The second kappa shape index (κ2) is 5.89. The molecule has 1 aliphatic carbocycles. The van der Waals surface area contributed by atoms with Gasteiger partial charge in [0.1, 0.15) is 11.5 Å². The van der Waals surface area contributed by atoms with Crippen molar-refractivity contribution in [1.29, 1.82) is 0 Å². The van der Waals surface area contributed by atoms with Gasteiger partial charge in [-0.25, -0.2) is 0 Å². The van der Waals surface area contributed by atoms with Crippen molar-refractivity contribution in [3.05, 3.63) is 70.2 Å². The lowest BCUT2D eigenvalue weighted by Gasteiger charge is -2.42. The Kier molecular flexibility index (Phi) is 3.81. The lowest BCUT2D eigenvalue weighted by Crippen LogP contribution is -2.65. The van der Waals surface area contributed by atoms with Crippen LogP contribution in [0.5, 0.6) is 0 Å². The number of fused-ring (bicyclic) bond motifs is 2. The Bertz CT molecular complexity index is 1040. The molecule has 0 bridgehead atoms. The molecule has 7 heteroatoms. The summed E-state index contributed by atoms with van der Waals surface area (Å²) in [6, 6.07) is 13.7. The fourth-order valence-electron chi connectivity index (χ4n) is 5.76. The minimum absolute atomic E-state index is 0.311. The Balaban J connectivity index is 1.84. The lowest BCUT2D eigenvalue weighted by molar-refractivity contribution is -0.235. The summed E-state index contributed by atoms with van der Waals surface area (Å²) in [5.41, 5.74) is -1.62. The first-order valence-electron chi connectivity index (χ1n) is 9.44. The number of carbonyl (C=O) groups is 2. The van der Waals surface area contributed by atoms with Gasteiger partial charge in [0.25, 0.3) is 0 Å².